The van der Waals surface area contributed by atoms with E-state index in [4.69, 9.17) is 0 Å². The average Bonchev–Trinajstić information content (AvgIpc) is 2.34. The van der Waals surface area contributed by atoms with Crippen molar-refractivity contribution in [2.24, 2.45) is 0 Å². The number of rotatable bonds is 2. The molecule has 4 heteroatoms. The number of likely N-dealkylation sites (tertiary alicyclic amines) is 1. The fourth-order valence-electron chi connectivity index (χ4n) is 2.29. The lowest BCUT2D eigenvalue weighted by atomic mass is 9.89. The third-order valence-corrected chi connectivity index (χ3v) is 3.73. The van der Waals surface area contributed by atoms with Gasteiger partial charge in [0.15, 0.2) is 0 Å². The van der Waals surface area contributed by atoms with Crippen molar-refractivity contribution in [2.75, 3.05) is 20.1 Å². The van der Waals surface area contributed by atoms with Crippen molar-refractivity contribution in [3.8, 4) is 0 Å². The highest BCUT2D eigenvalue weighted by Gasteiger charge is 2.31. The van der Waals surface area contributed by atoms with Crippen LogP contribution in [0.3, 0.4) is 0 Å². The van der Waals surface area contributed by atoms with Crippen molar-refractivity contribution in [2.45, 2.75) is 32.2 Å². The second-order valence-corrected chi connectivity index (χ2v) is 5.49. The molecule has 0 aromatic carbocycles. The molecule has 0 aliphatic carbocycles. The maximum Gasteiger partial charge on any atom is 0.270 e. The number of nitrogens with one attached hydrogen (secondary N) is 1. The number of amides is 1. The third-order valence-electron chi connectivity index (χ3n) is 3.73. The Bertz CT molecular complexity index is 436. The van der Waals surface area contributed by atoms with E-state index in [0.717, 1.165) is 31.5 Å². The summed E-state index contributed by atoms with van der Waals surface area (Å²) in [7, 11) is 2.12. The van der Waals surface area contributed by atoms with Crippen molar-refractivity contribution in [3.05, 3.63) is 29.6 Å². The molecule has 1 aliphatic rings. The maximum atomic E-state index is 12.2. The molecule has 1 aliphatic heterocycles. The Morgan fingerprint density at radius 1 is 1.44 bits per heavy atom. The lowest BCUT2D eigenvalue weighted by Gasteiger charge is -2.38. The van der Waals surface area contributed by atoms with Crippen LogP contribution in [0.25, 0.3) is 0 Å². The Hall–Kier alpha value is -1.42. The van der Waals surface area contributed by atoms with Crippen LogP contribution in [0.15, 0.2) is 18.3 Å². The summed E-state index contributed by atoms with van der Waals surface area (Å²) in [6, 6.07) is 3.77. The lowest BCUT2D eigenvalue weighted by molar-refractivity contribution is 0.0846. The number of aryl methyl sites for hydroxylation is 1. The van der Waals surface area contributed by atoms with Crippen molar-refractivity contribution < 1.29 is 4.79 Å². The fraction of sp³-hybridized carbons (Fsp3) is 0.571. The van der Waals surface area contributed by atoms with Gasteiger partial charge in [0, 0.05) is 24.8 Å². The van der Waals surface area contributed by atoms with Crippen molar-refractivity contribution in [1.29, 1.82) is 0 Å². The van der Waals surface area contributed by atoms with Crippen molar-refractivity contribution in [3.63, 3.8) is 0 Å². The van der Waals surface area contributed by atoms with E-state index in [2.05, 4.69) is 29.2 Å². The van der Waals surface area contributed by atoms with E-state index in [1.807, 2.05) is 19.1 Å². The molecule has 1 fully saturated rings. The number of piperidine rings is 1. The molecule has 0 unspecified atom stereocenters. The molecule has 1 aromatic rings. The Balaban J connectivity index is 2.06. The molecule has 0 bridgehead atoms. The summed E-state index contributed by atoms with van der Waals surface area (Å²) < 4.78 is 0. The number of hydrogen-bond acceptors (Lipinski definition) is 3. The van der Waals surface area contributed by atoms with Crippen LogP contribution in [0.2, 0.25) is 0 Å². The van der Waals surface area contributed by atoms with Gasteiger partial charge in [-0.1, -0.05) is 6.07 Å². The minimum atomic E-state index is -0.104. The molecule has 0 atom stereocenters. The molecule has 1 N–H and O–H groups in total. The van der Waals surface area contributed by atoms with Crippen LogP contribution in [0.1, 0.15) is 35.8 Å². The number of hydrogen-bond donors (Lipinski definition) is 1. The van der Waals surface area contributed by atoms with E-state index in [0.29, 0.717) is 5.69 Å². The van der Waals surface area contributed by atoms with Gasteiger partial charge in [-0.25, -0.2) is 0 Å². The van der Waals surface area contributed by atoms with Gasteiger partial charge in [0.2, 0.25) is 0 Å². The predicted molar refractivity (Wildman–Crippen MR) is 71.6 cm³/mol. The molecular formula is C14H21N3O. The zero-order chi connectivity index (χ0) is 13.2. The topological polar surface area (TPSA) is 45.2 Å². The van der Waals surface area contributed by atoms with Gasteiger partial charge in [-0.3, -0.25) is 9.78 Å². The average molecular weight is 247 g/mol. The normalized spacial score (nSPS) is 19.5. The van der Waals surface area contributed by atoms with E-state index in [1.165, 1.54) is 0 Å². The van der Waals surface area contributed by atoms with Gasteiger partial charge < -0.3 is 10.2 Å². The molecule has 98 valence electrons. The SMILES string of the molecule is Cc1cccnc1C(=O)NC1(C)CCN(C)CC1. The zero-order valence-electron chi connectivity index (χ0n) is 11.4. The molecule has 1 amide bonds. The Morgan fingerprint density at radius 2 is 2.11 bits per heavy atom. The molecule has 1 aromatic heterocycles. The van der Waals surface area contributed by atoms with Crippen LogP contribution < -0.4 is 5.32 Å². The minimum Gasteiger partial charge on any atom is -0.345 e. The Morgan fingerprint density at radius 3 is 2.72 bits per heavy atom. The van der Waals surface area contributed by atoms with Crippen LogP contribution >= 0.6 is 0 Å². The van der Waals surface area contributed by atoms with Gasteiger partial charge in [-0.05, 0) is 45.4 Å². The molecule has 0 radical (unpaired) electrons. The van der Waals surface area contributed by atoms with E-state index in [1.54, 1.807) is 6.20 Å². The smallest absolute Gasteiger partial charge is 0.270 e. The lowest BCUT2D eigenvalue weighted by Crippen LogP contribution is -2.52. The first-order valence-corrected chi connectivity index (χ1v) is 6.43. The molecular weight excluding hydrogens is 226 g/mol. The van der Waals surface area contributed by atoms with E-state index < -0.39 is 0 Å². The molecule has 0 saturated carbocycles. The molecule has 1 saturated heterocycles. The zero-order valence-corrected chi connectivity index (χ0v) is 11.4. The molecule has 18 heavy (non-hydrogen) atoms. The number of aromatic nitrogens is 1. The summed E-state index contributed by atoms with van der Waals surface area (Å²) in [6.45, 7) is 6.09. The molecule has 4 nitrogen and oxygen atoms in total. The second kappa shape index (κ2) is 5.06. The summed E-state index contributed by atoms with van der Waals surface area (Å²) in [5.41, 5.74) is 1.36. The first-order chi connectivity index (χ1) is 8.50. The largest absolute Gasteiger partial charge is 0.345 e. The second-order valence-electron chi connectivity index (χ2n) is 5.49. The monoisotopic (exact) mass is 247 g/mol. The van der Waals surface area contributed by atoms with Gasteiger partial charge in [-0.2, -0.15) is 0 Å². The summed E-state index contributed by atoms with van der Waals surface area (Å²) in [5.74, 6) is -0.0554. The number of nitrogens with zero attached hydrogens (tertiary/aromatic N) is 2. The Kier molecular flexibility index (Phi) is 3.66. The molecule has 0 spiro atoms. The van der Waals surface area contributed by atoms with Gasteiger partial charge in [0.05, 0.1) is 0 Å². The summed E-state index contributed by atoms with van der Waals surface area (Å²) >= 11 is 0. The first-order valence-electron chi connectivity index (χ1n) is 6.43. The molecule has 2 heterocycles. The quantitative estimate of drug-likeness (QED) is 0.863. The molecule has 2 rings (SSSR count). The predicted octanol–water partition coefficient (Wildman–Crippen LogP) is 1.60. The van der Waals surface area contributed by atoms with Crippen LogP contribution in [0.5, 0.6) is 0 Å². The van der Waals surface area contributed by atoms with Crippen LogP contribution in [-0.4, -0.2) is 41.5 Å². The van der Waals surface area contributed by atoms with Crippen LogP contribution in [0.4, 0.5) is 0 Å². The van der Waals surface area contributed by atoms with Gasteiger partial charge in [-0.15, -0.1) is 0 Å². The van der Waals surface area contributed by atoms with E-state index in [-0.39, 0.29) is 11.4 Å². The number of pyridine rings is 1. The van der Waals surface area contributed by atoms with Crippen LogP contribution in [-0.2, 0) is 0 Å². The van der Waals surface area contributed by atoms with Crippen LogP contribution in [0, 0.1) is 6.92 Å². The highest BCUT2D eigenvalue weighted by molar-refractivity contribution is 5.94. The summed E-state index contributed by atoms with van der Waals surface area (Å²) in [5, 5.41) is 3.14. The summed E-state index contributed by atoms with van der Waals surface area (Å²) in [4.78, 5) is 18.7. The van der Waals surface area contributed by atoms with Gasteiger partial charge in [0.1, 0.15) is 5.69 Å². The minimum absolute atomic E-state index is 0.0554. The van der Waals surface area contributed by atoms with Gasteiger partial charge in [0.25, 0.3) is 5.91 Å². The van der Waals surface area contributed by atoms with Gasteiger partial charge >= 0.3 is 0 Å². The van der Waals surface area contributed by atoms with E-state index >= 15 is 0 Å². The number of carbonyl (C=O) groups excluding carboxylic acids is 1. The Labute approximate surface area is 108 Å². The summed E-state index contributed by atoms with van der Waals surface area (Å²) in [6.07, 6.45) is 3.64. The highest BCUT2D eigenvalue weighted by Crippen LogP contribution is 2.21. The highest BCUT2D eigenvalue weighted by atomic mass is 16.2. The van der Waals surface area contributed by atoms with Crippen molar-refractivity contribution >= 4 is 5.91 Å². The third kappa shape index (κ3) is 2.88. The first kappa shape index (κ1) is 13.0. The number of carbonyl (C=O) groups is 1. The van der Waals surface area contributed by atoms with Crippen molar-refractivity contribution in [1.82, 2.24) is 15.2 Å². The fourth-order valence-corrected chi connectivity index (χ4v) is 2.29. The maximum absolute atomic E-state index is 12.2. The van der Waals surface area contributed by atoms with E-state index in [9.17, 15) is 4.79 Å². The standard InChI is InChI=1S/C14H21N3O/c1-11-5-4-8-15-12(11)13(18)16-14(2)6-9-17(3)10-7-14/h4-5,8H,6-7,9-10H2,1-3H3,(H,16,18).